The van der Waals surface area contributed by atoms with Crippen LogP contribution in [0.25, 0.3) is 65.7 Å². The van der Waals surface area contributed by atoms with Crippen LogP contribution in [0.3, 0.4) is 0 Å². The SMILES string of the molecule is c1ccc(-c2c3ccccc3c3c4c(cc5ccccc5c24)-c2ccccc2-3)cc1. The summed E-state index contributed by atoms with van der Waals surface area (Å²) in [6.07, 6.45) is 0. The largest absolute Gasteiger partial charge is 0.0622 e. The van der Waals surface area contributed by atoms with E-state index in [4.69, 9.17) is 0 Å². The molecule has 0 nitrogen and oxygen atoms in total. The number of benzene rings is 6. The molecule has 0 fully saturated rings. The molecule has 138 valence electrons. The predicted molar refractivity (Wildman–Crippen MR) is 129 cm³/mol. The molecule has 1 aliphatic rings. The van der Waals surface area contributed by atoms with Gasteiger partial charge < -0.3 is 0 Å². The molecule has 0 unspecified atom stereocenters. The van der Waals surface area contributed by atoms with E-state index in [1.54, 1.807) is 0 Å². The fourth-order valence-corrected chi connectivity index (χ4v) is 5.39. The van der Waals surface area contributed by atoms with E-state index in [1.165, 1.54) is 65.7 Å². The lowest BCUT2D eigenvalue weighted by atomic mass is 9.85. The molecule has 30 heavy (non-hydrogen) atoms. The number of rotatable bonds is 1. The Hall–Kier alpha value is -3.90. The van der Waals surface area contributed by atoms with E-state index in [0.29, 0.717) is 0 Å². The maximum atomic E-state index is 2.39. The zero-order valence-corrected chi connectivity index (χ0v) is 16.4. The van der Waals surface area contributed by atoms with Crippen LogP contribution < -0.4 is 0 Å². The summed E-state index contributed by atoms with van der Waals surface area (Å²) < 4.78 is 0. The first-order chi connectivity index (χ1) is 14.9. The van der Waals surface area contributed by atoms with Crippen LogP contribution in [0.2, 0.25) is 0 Å². The molecular formula is C30H18. The summed E-state index contributed by atoms with van der Waals surface area (Å²) in [6.45, 7) is 0. The first-order valence-electron chi connectivity index (χ1n) is 10.5. The van der Waals surface area contributed by atoms with Gasteiger partial charge >= 0.3 is 0 Å². The molecule has 0 bridgehead atoms. The van der Waals surface area contributed by atoms with Gasteiger partial charge in [0, 0.05) is 0 Å². The van der Waals surface area contributed by atoms with Gasteiger partial charge in [-0.15, -0.1) is 0 Å². The van der Waals surface area contributed by atoms with Crippen molar-refractivity contribution >= 4 is 32.3 Å². The van der Waals surface area contributed by atoms with Gasteiger partial charge in [-0.1, -0.05) is 103 Å². The minimum atomic E-state index is 1.28. The topological polar surface area (TPSA) is 0 Å². The molecule has 0 amide bonds. The number of fused-ring (bicyclic) bond motifs is 7. The van der Waals surface area contributed by atoms with Crippen molar-refractivity contribution in [1.82, 2.24) is 0 Å². The van der Waals surface area contributed by atoms with Gasteiger partial charge in [-0.3, -0.25) is 0 Å². The Balaban J connectivity index is 1.87. The van der Waals surface area contributed by atoms with E-state index in [1.807, 2.05) is 0 Å². The quantitative estimate of drug-likeness (QED) is 0.198. The number of hydrogen-bond acceptors (Lipinski definition) is 0. The molecular weight excluding hydrogens is 360 g/mol. The van der Waals surface area contributed by atoms with E-state index in [0.717, 1.165) is 0 Å². The average Bonchev–Trinajstić information content (AvgIpc) is 3.15. The highest BCUT2D eigenvalue weighted by molar-refractivity contribution is 6.34. The maximum absolute atomic E-state index is 2.39. The van der Waals surface area contributed by atoms with Crippen LogP contribution in [-0.4, -0.2) is 0 Å². The molecule has 0 radical (unpaired) electrons. The normalized spacial score (nSPS) is 12.0. The smallest absolute Gasteiger partial charge is 0.000720 e. The zero-order chi connectivity index (χ0) is 19.7. The third kappa shape index (κ3) is 1.96. The van der Waals surface area contributed by atoms with Crippen LogP contribution in [0.1, 0.15) is 0 Å². The van der Waals surface area contributed by atoms with Gasteiger partial charge in [0.1, 0.15) is 0 Å². The van der Waals surface area contributed by atoms with Crippen LogP contribution in [0.15, 0.2) is 109 Å². The van der Waals surface area contributed by atoms with Crippen molar-refractivity contribution in [2.24, 2.45) is 0 Å². The Labute approximate surface area is 175 Å². The standard InChI is InChI=1S/C30H18/c1-2-10-19(11-3-1)27-24-16-8-9-17-25(24)28-23-15-7-6-14-22(23)26-18-20-12-4-5-13-21(20)29(27)30(26)28/h1-18H. The molecule has 6 aromatic carbocycles. The van der Waals surface area contributed by atoms with E-state index in [2.05, 4.69) is 109 Å². The lowest BCUT2D eigenvalue weighted by Crippen LogP contribution is -1.89. The van der Waals surface area contributed by atoms with Crippen LogP contribution >= 0.6 is 0 Å². The third-order valence-electron chi connectivity index (χ3n) is 6.56. The fraction of sp³-hybridized carbons (Fsp3) is 0. The molecule has 0 aliphatic heterocycles. The molecule has 0 aromatic heterocycles. The summed E-state index contributed by atoms with van der Waals surface area (Å²) >= 11 is 0. The molecule has 7 rings (SSSR count). The number of hydrogen-bond donors (Lipinski definition) is 0. The Morgan fingerprint density at radius 3 is 1.77 bits per heavy atom. The van der Waals surface area contributed by atoms with Crippen LogP contribution in [0.4, 0.5) is 0 Å². The Kier molecular flexibility index (Phi) is 3.09. The molecule has 0 saturated carbocycles. The summed E-state index contributed by atoms with van der Waals surface area (Å²) in [5.74, 6) is 0. The van der Waals surface area contributed by atoms with Gasteiger partial charge in [-0.2, -0.15) is 0 Å². The summed E-state index contributed by atoms with van der Waals surface area (Å²) in [5, 5.41) is 8.06. The van der Waals surface area contributed by atoms with Crippen molar-refractivity contribution in [2.45, 2.75) is 0 Å². The van der Waals surface area contributed by atoms with Crippen LogP contribution in [-0.2, 0) is 0 Å². The van der Waals surface area contributed by atoms with E-state index in [9.17, 15) is 0 Å². The highest BCUT2D eigenvalue weighted by atomic mass is 14.3. The first kappa shape index (κ1) is 16.0. The summed E-state index contributed by atoms with van der Waals surface area (Å²) in [6, 6.07) is 39.9. The van der Waals surface area contributed by atoms with Gasteiger partial charge in [0.25, 0.3) is 0 Å². The molecule has 0 spiro atoms. The molecule has 0 N–H and O–H groups in total. The molecule has 0 heteroatoms. The van der Waals surface area contributed by atoms with Crippen molar-refractivity contribution < 1.29 is 0 Å². The third-order valence-corrected chi connectivity index (χ3v) is 6.56. The van der Waals surface area contributed by atoms with Crippen molar-refractivity contribution in [2.75, 3.05) is 0 Å². The lowest BCUT2D eigenvalue weighted by molar-refractivity contribution is 1.68. The van der Waals surface area contributed by atoms with Crippen molar-refractivity contribution in [1.29, 1.82) is 0 Å². The average molecular weight is 378 g/mol. The van der Waals surface area contributed by atoms with Gasteiger partial charge in [-0.05, 0) is 71.8 Å². The zero-order valence-electron chi connectivity index (χ0n) is 16.4. The predicted octanol–water partition coefficient (Wildman–Crippen LogP) is 8.46. The highest BCUT2D eigenvalue weighted by Crippen LogP contribution is 2.55. The van der Waals surface area contributed by atoms with Gasteiger partial charge in [0.2, 0.25) is 0 Å². The van der Waals surface area contributed by atoms with Gasteiger partial charge in [0.05, 0.1) is 0 Å². The second kappa shape index (κ2) is 5.81. The Bertz CT molecular complexity index is 1620. The minimum absolute atomic E-state index is 1.28. The van der Waals surface area contributed by atoms with Crippen molar-refractivity contribution in [3.05, 3.63) is 109 Å². The molecule has 0 atom stereocenters. The summed E-state index contributed by atoms with van der Waals surface area (Å²) in [5.41, 5.74) is 8.06. The Morgan fingerprint density at radius 2 is 0.967 bits per heavy atom. The summed E-state index contributed by atoms with van der Waals surface area (Å²) in [4.78, 5) is 0. The van der Waals surface area contributed by atoms with E-state index >= 15 is 0 Å². The Morgan fingerprint density at radius 1 is 0.367 bits per heavy atom. The lowest BCUT2D eigenvalue weighted by Gasteiger charge is -2.17. The van der Waals surface area contributed by atoms with Crippen molar-refractivity contribution in [3.63, 3.8) is 0 Å². The van der Waals surface area contributed by atoms with E-state index in [-0.39, 0.29) is 0 Å². The fourth-order valence-electron chi connectivity index (χ4n) is 5.39. The molecule has 6 aromatic rings. The van der Waals surface area contributed by atoms with Gasteiger partial charge in [0.15, 0.2) is 0 Å². The monoisotopic (exact) mass is 378 g/mol. The second-order valence-corrected chi connectivity index (χ2v) is 8.10. The van der Waals surface area contributed by atoms with Crippen LogP contribution in [0.5, 0.6) is 0 Å². The molecule has 0 heterocycles. The van der Waals surface area contributed by atoms with Crippen molar-refractivity contribution in [3.8, 4) is 33.4 Å². The van der Waals surface area contributed by atoms with Gasteiger partial charge in [-0.25, -0.2) is 0 Å². The summed E-state index contributed by atoms with van der Waals surface area (Å²) in [7, 11) is 0. The minimum Gasteiger partial charge on any atom is -0.0622 e. The first-order valence-corrected chi connectivity index (χ1v) is 10.5. The highest BCUT2D eigenvalue weighted by Gasteiger charge is 2.27. The van der Waals surface area contributed by atoms with Crippen LogP contribution in [0, 0.1) is 0 Å². The second-order valence-electron chi connectivity index (χ2n) is 8.10. The maximum Gasteiger partial charge on any atom is -0.000720 e. The molecule has 1 aliphatic carbocycles. The van der Waals surface area contributed by atoms with E-state index < -0.39 is 0 Å². The molecule has 0 saturated heterocycles.